The number of nitro benzene ring substituents is 1. The number of benzene rings is 1. The van der Waals surface area contributed by atoms with Gasteiger partial charge in [-0.2, -0.15) is 0 Å². The van der Waals surface area contributed by atoms with Crippen LogP contribution in [0.1, 0.15) is 19.3 Å². The van der Waals surface area contributed by atoms with Crippen LogP contribution in [0.25, 0.3) is 21.5 Å². The summed E-state index contributed by atoms with van der Waals surface area (Å²) in [5, 5.41) is 24.5. The number of azide groups is 1. The summed E-state index contributed by atoms with van der Waals surface area (Å²) in [5.41, 5.74) is 14.2. The Morgan fingerprint density at radius 3 is 2.88 bits per heavy atom. The zero-order valence-corrected chi connectivity index (χ0v) is 12.5. The first-order valence-corrected chi connectivity index (χ1v) is 7.01. The molecule has 0 saturated carbocycles. The van der Waals surface area contributed by atoms with Crippen molar-refractivity contribution < 1.29 is 14.3 Å². The molecule has 0 aliphatic carbocycles. The van der Waals surface area contributed by atoms with Crippen molar-refractivity contribution in [2.24, 2.45) is 10.8 Å². The highest BCUT2D eigenvalue weighted by atomic mass is 16.6. The molecule has 0 spiro atoms. The van der Waals surface area contributed by atoms with Gasteiger partial charge in [-0.1, -0.05) is 11.5 Å². The highest BCUT2D eigenvalue weighted by Crippen LogP contribution is 2.28. The third-order valence-corrected chi connectivity index (χ3v) is 3.33. The predicted molar refractivity (Wildman–Crippen MR) is 82.9 cm³/mol. The highest BCUT2D eigenvalue weighted by molar-refractivity contribution is 5.93. The number of aromatic nitrogens is 2. The van der Waals surface area contributed by atoms with Crippen molar-refractivity contribution in [3.05, 3.63) is 32.7 Å². The van der Waals surface area contributed by atoms with Crippen molar-refractivity contribution in [2.75, 3.05) is 11.9 Å². The summed E-state index contributed by atoms with van der Waals surface area (Å²) in [4.78, 5) is 24.0. The van der Waals surface area contributed by atoms with E-state index in [1.54, 1.807) is 0 Å². The van der Waals surface area contributed by atoms with Gasteiger partial charge in [0.1, 0.15) is 6.04 Å². The van der Waals surface area contributed by atoms with E-state index < -0.39 is 16.9 Å². The smallest absolute Gasteiger partial charge is 0.300 e. The van der Waals surface area contributed by atoms with Crippen molar-refractivity contribution in [3.63, 3.8) is 0 Å². The van der Waals surface area contributed by atoms with Crippen LogP contribution in [0.4, 0.5) is 11.4 Å². The second-order valence-electron chi connectivity index (χ2n) is 4.90. The average molecular weight is 334 g/mol. The lowest BCUT2D eigenvalue weighted by Gasteiger charge is -2.08. The van der Waals surface area contributed by atoms with Gasteiger partial charge in [-0.15, -0.1) is 0 Å². The number of unbranched alkanes of at least 4 members (excludes halogenated alkanes) is 1. The Labute approximate surface area is 134 Å². The summed E-state index contributed by atoms with van der Waals surface area (Å²) in [5.74, 6) is -0.661. The molecule has 0 aliphatic rings. The van der Waals surface area contributed by atoms with E-state index in [0.717, 1.165) is 0 Å². The fourth-order valence-electron chi connectivity index (χ4n) is 2.15. The maximum Gasteiger partial charge on any atom is 0.300 e. The average Bonchev–Trinajstić information content (AvgIpc) is 3.02. The third-order valence-electron chi connectivity index (χ3n) is 3.33. The summed E-state index contributed by atoms with van der Waals surface area (Å²) in [6, 6.07) is 1.98. The first kappa shape index (κ1) is 17.0. The van der Waals surface area contributed by atoms with Gasteiger partial charge in [0.2, 0.25) is 11.4 Å². The van der Waals surface area contributed by atoms with Crippen molar-refractivity contribution in [1.82, 2.24) is 10.3 Å². The third kappa shape index (κ3) is 3.87. The molecule has 0 fully saturated rings. The molecule has 0 saturated heterocycles. The second kappa shape index (κ2) is 7.74. The highest BCUT2D eigenvalue weighted by Gasteiger charge is 2.19. The van der Waals surface area contributed by atoms with Crippen LogP contribution in [0.2, 0.25) is 0 Å². The number of anilines is 1. The predicted octanol–water partition coefficient (Wildman–Crippen LogP) is 1.88. The molecule has 0 aliphatic heterocycles. The number of amides is 1. The van der Waals surface area contributed by atoms with Crippen molar-refractivity contribution >= 4 is 28.3 Å². The lowest BCUT2D eigenvalue weighted by Crippen LogP contribution is -2.26. The minimum atomic E-state index is -0.860. The quantitative estimate of drug-likeness (QED) is 0.175. The molecule has 1 amide bonds. The van der Waals surface area contributed by atoms with E-state index in [4.69, 9.17) is 11.3 Å². The van der Waals surface area contributed by atoms with E-state index in [1.807, 2.05) is 0 Å². The van der Waals surface area contributed by atoms with Crippen LogP contribution in [-0.4, -0.2) is 33.7 Å². The lowest BCUT2D eigenvalue weighted by atomic mass is 10.1. The molecule has 0 unspecified atom stereocenters. The maximum atomic E-state index is 11.0. The molecule has 0 radical (unpaired) electrons. The molecule has 1 heterocycles. The summed E-state index contributed by atoms with van der Waals surface area (Å²) in [6.45, 7) is 0.515. The SMILES string of the molecule is [N-]=[N+]=N[C@@H](CCCCNc1ccc([N+](=O)[O-])c2nonc12)C(N)=O. The van der Waals surface area contributed by atoms with Gasteiger partial charge in [-0.3, -0.25) is 14.9 Å². The van der Waals surface area contributed by atoms with E-state index in [0.29, 0.717) is 31.5 Å². The van der Waals surface area contributed by atoms with Crippen LogP contribution >= 0.6 is 0 Å². The topological polar surface area (TPSA) is 186 Å². The number of rotatable bonds is 9. The van der Waals surface area contributed by atoms with E-state index in [-0.39, 0.29) is 16.7 Å². The van der Waals surface area contributed by atoms with Crippen molar-refractivity contribution in [2.45, 2.75) is 25.3 Å². The van der Waals surface area contributed by atoms with Gasteiger partial charge in [0.25, 0.3) is 0 Å². The monoisotopic (exact) mass is 334 g/mol. The van der Waals surface area contributed by atoms with Crippen LogP contribution in [0, 0.1) is 10.1 Å². The number of primary amides is 1. The van der Waals surface area contributed by atoms with Gasteiger partial charge in [0.05, 0.1) is 10.6 Å². The molecule has 24 heavy (non-hydrogen) atoms. The number of nitro groups is 1. The largest absolute Gasteiger partial charge is 0.383 e. The van der Waals surface area contributed by atoms with E-state index in [2.05, 4.69) is 30.3 Å². The van der Waals surface area contributed by atoms with Crippen LogP contribution in [-0.2, 0) is 4.79 Å². The molecule has 2 aromatic rings. The molecule has 1 atom stereocenters. The lowest BCUT2D eigenvalue weighted by molar-refractivity contribution is -0.383. The molecular weight excluding hydrogens is 320 g/mol. The number of carbonyl (C=O) groups is 1. The van der Waals surface area contributed by atoms with E-state index in [9.17, 15) is 14.9 Å². The molecule has 126 valence electrons. The van der Waals surface area contributed by atoms with Crippen LogP contribution in [0.15, 0.2) is 21.9 Å². The molecule has 1 aromatic carbocycles. The van der Waals surface area contributed by atoms with Gasteiger partial charge in [-0.25, -0.2) is 4.63 Å². The maximum absolute atomic E-state index is 11.0. The number of fused-ring (bicyclic) bond motifs is 1. The number of nitrogens with one attached hydrogen (secondary N) is 1. The Morgan fingerprint density at radius 2 is 2.21 bits per heavy atom. The minimum Gasteiger partial charge on any atom is -0.383 e. The summed E-state index contributed by atoms with van der Waals surface area (Å²) in [6.07, 6.45) is 1.61. The normalized spacial score (nSPS) is 11.7. The Morgan fingerprint density at radius 1 is 1.46 bits per heavy atom. The van der Waals surface area contributed by atoms with Gasteiger partial charge >= 0.3 is 5.69 Å². The van der Waals surface area contributed by atoms with Gasteiger partial charge in [0.15, 0.2) is 5.52 Å². The molecule has 1 aromatic heterocycles. The number of carbonyl (C=O) groups excluding carboxylic acids is 1. The fourth-order valence-corrected chi connectivity index (χ4v) is 2.15. The van der Waals surface area contributed by atoms with Gasteiger partial charge in [0, 0.05) is 17.5 Å². The number of hydrogen-bond donors (Lipinski definition) is 2. The number of nitrogens with zero attached hydrogens (tertiary/aromatic N) is 6. The van der Waals surface area contributed by atoms with Crippen molar-refractivity contribution in [1.29, 1.82) is 0 Å². The standard InChI is InChI=1S/C12H14N8O4/c13-12(21)8(16-19-14)3-1-2-6-15-7-4-5-9(20(22)23)11-10(7)17-24-18-11/h4-5,8,15H,1-3,6H2,(H2,13,21)/t8-/m0/s1. The molecule has 3 N–H and O–H groups in total. The molecule has 0 bridgehead atoms. The number of hydrogen-bond acceptors (Lipinski definition) is 8. The number of nitrogens with two attached hydrogens (primary N) is 1. The van der Waals surface area contributed by atoms with E-state index in [1.165, 1.54) is 12.1 Å². The summed E-state index contributed by atoms with van der Waals surface area (Å²) < 4.78 is 4.57. The molecule has 12 heteroatoms. The van der Waals surface area contributed by atoms with Crippen LogP contribution in [0.3, 0.4) is 0 Å². The first-order valence-electron chi connectivity index (χ1n) is 7.01. The zero-order valence-electron chi connectivity index (χ0n) is 12.5. The first-order chi connectivity index (χ1) is 11.5. The Kier molecular flexibility index (Phi) is 5.47. The molecule has 2 rings (SSSR count). The minimum absolute atomic E-state index is 0.0714. The van der Waals surface area contributed by atoms with Crippen LogP contribution < -0.4 is 11.1 Å². The van der Waals surface area contributed by atoms with Crippen molar-refractivity contribution in [3.8, 4) is 0 Å². The van der Waals surface area contributed by atoms with E-state index >= 15 is 0 Å². The van der Waals surface area contributed by atoms with Gasteiger partial charge < -0.3 is 11.1 Å². The summed E-state index contributed by atoms with van der Waals surface area (Å²) >= 11 is 0. The van der Waals surface area contributed by atoms with Crippen LogP contribution in [0.5, 0.6) is 0 Å². The number of non-ortho nitro benzene ring substituents is 1. The fraction of sp³-hybridized carbons (Fsp3) is 0.417. The van der Waals surface area contributed by atoms with Gasteiger partial charge in [-0.05, 0) is 34.8 Å². The molecule has 12 nitrogen and oxygen atoms in total. The summed E-state index contributed by atoms with van der Waals surface area (Å²) in [7, 11) is 0. The Balaban J connectivity index is 1.92. The zero-order chi connectivity index (χ0) is 17.5. The Bertz CT molecular complexity index is 795. The Hall–Kier alpha value is -3.40. The second-order valence-corrected chi connectivity index (χ2v) is 4.90. The molecular formula is C12H14N8O4.